The third-order valence-electron chi connectivity index (χ3n) is 4.81. The second-order valence-corrected chi connectivity index (χ2v) is 7.84. The Balaban J connectivity index is 1.67. The van der Waals surface area contributed by atoms with E-state index in [1.165, 1.54) is 0 Å². The summed E-state index contributed by atoms with van der Waals surface area (Å²) in [5.74, 6) is 1.39. The maximum Gasteiger partial charge on any atom is 0.351 e. The van der Waals surface area contributed by atoms with Gasteiger partial charge in [0.2, 0.25) is 0 Å². The van der Waals surface area contributed by atoms with Crippen molar-refractivity contribution in [2.75, 3.05) is 26.3 Å². The largest absolute Gasteiger partial charge is 0.379 e. The number of rotatable bonds is 6. The van der Waals surface area contributed by atoms with E-state index < -0.39 is 0 Å². The zero-order chi connectivity index (χ0) is 19.3. The topological polar surface area (TPSA) is 52.3 Å². The number of aromatic nitrogens is 3. The molecule has 0 aliphatic carbocycles. The average Bonchev–Trinajstić information content (AvgIpc) is 3.03. The molecule has 2 aromatic carbocycles. The molecule has 1 aliphatic heterocycles. The fourth-order valence-electron chi connectivity index (χ4n) is 3.29. The van der Waals surface area contributed by atoms with E-state index in [1.807, 2.05) is 49.4 Å². The Bertz CT molecular complexity index is 978. The highest BCUT2D eigenvalue weighted by molar-refractivity contribution is 7.98. The lowest BCUT2D eigenvalue weighted by Crippen LogP contribution is -2.40. The second kappa shape index (κ2) is 8.77. The van der Waals surface area contributed by atoms with Crippen molar-refractivity contribution in [2.24, 2.45) is 0 Å². The summed E-state index contributed by atoms with van der Waals surface area (Å²) in [5.41, 5.74) is 1.86. The van der Waals surface area contributed by atoms with E-state index in [-0.39, 0.29) is 5.69 Å². The van der Waals surface area contributed by atoms with Gasteiger partial charge < -0.3 is 4.74 Å². The quantitative estimate of drug-likeness (QED) is 0.600. The van der Waals surface area contributed by atoms with Crippen LogP contribution in [0, 0.1) is 6.92 Å². The first kappa shape index (κ1) is 19.0. The molecule has 0 amide bonds. The van der Waals surface area contributed by atoms with Gasteiger partial charge in [-0.3, -0.25) is 4.90 Å². The molecule has 0 radical (unpaired) electrons. The van der Waals surface area contributed by atoms with E-state index in [9.17, 15) is 4.79 Å². The van der Waals surface area contributed by atoms with Gasteiger partial charge in [0.1, 0.15) is 5.82 Å². The van der Waals surface area contributed by atoms with Crippen molar-refractivity contribution in [3.63, 3.8) is 0 Å². The van der Waals surface area contributed by atoms with Gasteiger partial charge in [0.25, 0.3) is 0 Å². The van der Waals surface area contributed by atoms with Gasteiger partial charge in [-0.25, -0.2) is 9.36 Å². The van der Waals surface area contributed by atoms with Crippen LogP contribution in [0.15, 0.2) is 64.3 Å². The molecule has 1 fully saturated rings. The summed E-state index contributed by atoms with van der Waals surface area (Å²) in [5, 5.41) is 4.70. The normalized spacial score (nSPS) is 15.0. The molecule has 0 N–H and O–H groups in total. The first-order chi connectivity index (χ1) is 13.7. The highest BCUT2D eigenvalue weighted by Gasteiger charge is 2.19. The van der Waals surface area contributed by atoms with Crippen molar-refractivity contribution in [1.82, 2.24) is 19.2 Å². The molecule has 7 heteroatoms. The van der Waals surface area contributed by atoms with E-state index in [2.05, 4.69) is 17.0 Å². The van der Waals surface area contributed by atoms with E-state index in [1.54, 1.807) is 21.0 Å². The van der Waals surface area contributed by atoms with E-state index in [4.69, 9.17) is 9.84 Å². The van der Waals surface area contributed by atoms with Gasteiger partial charge in [-0.05, 0) is 30.7 Å². The fraction of sp³-hybridized carbons (Fsp3) is 0.333. The van der Waals surface area contributed by atoms with Crippen LogP contribution in [0.2, 0.25) is 0 Å². The number of benzene rings is 2. The van der Waals surface area contributed by atoms with Crippen LogP contribution in [-0.4, -0.2) is 45.6 Å². The molecule has 3 aromatic rings. The fourth-order valence-corrected chi connectivity index (χ4v) is 4.12. The minimum absolute atomic E-state index is 0.0931. The molecular formula is C21H24N4O2S. The van der Waals surface area contributed by atoms with Gasteiger partial charge in [0.15, 0.2) is 0 Å². The standard InChI is InChI=1S/C21H24N4O2S/c1-17-7-5-6-10-19(17)25-20(15-28-18-8-3-2-4-9-18)22-24(21(25)26)16-23-11-13-27-14-12-23/h2-10H,11-16H2,1H3. The van der Waals surface area contributed by atoms with E-state index in [0.29, 0.717) is 25.6 Å². The van der Waals surface area contributed by atoms with Crippen molar-refractivity contribution < 1.29 is 4.74 Å². The Labute approximate surface area is 168 Å². The summed E-state index contributed by atoms with van der Waals surface area (Å²) in [6, 6.07) is 18.1. The Kier molecular flexibility index (Phi) is 5.95. The molecule has 0 spiro atoms. The van der Waals surface area contributed by atoms with Crippen molar-refractivity contribution >= 4 is 11.8 Å². The summed E-state index contributed by atoms with van der Waals surface area (Å²) in [6.07, 6.45) is 0. The predicted octanol–water partition coefficient (Wildman–Crippen LogP) is 2.92. The van der Waals surface area contributed by atoms with E-state index >= 15 is 0 Å². The van der Waals surface area contributed by atoms with Crippen LogP contribution in [0.5, 0.6) is 0 Å². The Morgan fingerprint density at radius 3 is 2.50 bits per heavy atom. The van der Waals surface area contributed by atoms with Crippen LogP contribution in [0.1, 0.15) is 11.4 Å². The highest BCUT2D eigenvalue weighted by atomic mass is 32.2. The number of para-hydroxylation sites is 1. The van der Waals surface area contributed by atoms with Gasteiger partial charge in [0, 0.05) is 18.0 Å². The molecule has 4 rings (SSSR count). The lowest BCUT2D eigenvalue weighted by Gasteiger charge is -2.25. The summed E-state index contributed by atoms with van der Waals surface area (Å²) < 4.78 is 8.75. The van der Waals surface area contributed by atoms with Gasteiger partial charge in [-0.1, -0.05) is 36.4 Å². The number of hydrogen-bond donors (Lipinski definition) is 0. The zero-order valence-electron chi connectivity index (χ0n) is 16.0. The number of thioether (sulfide) groups is 1. The number of ether oxygens (including phenoxy) is 1. The number of hydrogen-bond acceptors (Lipinski definition) is 5. The predicted molar refractivity (Wildman–Crippen MR) is 111 cm³/mol. The number of morpholine rings is 1. The average molecular weight is 397 g/mol. The number of aryl methyl sites for hydroxylation is 1. The molecule has 0 atom stereocenters. The summed E-state index contributed by atoms with van der Waals surface area (Å²) >= 11 is 1.69. The second-order valence-electron chi connectivity index (χ2n) is 6.79. The van der Waals surface area contributed by atoms with Gasteiger partial charge in [-0.15, -0.1) is 11.8 Å². The van der Waals surface area contributed by atoms with Crippen LogP contribution in [-0.2, 0) is 17.2 Å². The molecule has 0 saturated carbocycles. The first-order valence-electron chi connectivity index (χ1n) is 9.45. The smallest absolute Gasteiger partial charge is 0.351 e. The lowest BCUT2D eigenvalue weighted by atomic mass is 10.2. The summed E-state index contributed by atoms with van der Waals surface area (Å²) in [7, 11) is 0. The maximum absolute atomic E-state index is 13.2. The zero-order valence-corrected chi connectivity index (χ0v) is 16.8. The van der Waals surface area contributed by atoms with Crippen molar-refractivity contribution in [3.05, 3.63) is 76.5 Å². The van der Waals surface area contributed by atoms with Crippen LogP contribution in [0.4, 0.5) is 0 Å². The van der Waals surface area contributed by atoms with Crippen molar-refractivity contribution in [2.45, 2.75) is 24.2 Å². The molecule has 146 valence electrons. The van der Waals surface area contributed by atoms with Crippen LogP contribution in [0.3, 0.4) is 0 Å². The molecule has 1 saturated heterocycles. The molecular weight excluding hydrogens is 372 g/mol. The Morgan fingerprint density at radius 1 is 1.04 bits per heavy atom. The first-order valence-corrected chi connectivity index (χ1v) is 10.4. The number of nitrogens with zero attached hydrogens (tertiary/aromatic N) is 4. The Hall–Kier alpha value is -2.35. The third-order valence-corrected chi connectivity index (χ3v) is 5.82. The maximum atomic E-state index is 13.2. The summed E-state index contributed by atoms with van der Waals surface area (Å²) in [4.78, 5) is 16.6. The molecule has 1 aliphatic rings. The lowest BCUT2D eigenvalue weighted by molar-refractivity contribution is 0.0206. The molecule has 6 nitrogen and oxygen atoms in total. The monoisotopic (exact) mass is 396 g/mol. The van der Waals surface area contributed by atoms with E-state index in [0.717, 1.165) is 35.1 Å². The molecule has 2 heterocycles. The van der Waals surface area contributed by atoms with Crippen LogP contribution < -0.4 is 5.69 Å². The molecule has 28 heavy (non-hydrogen) atoms. The molecule has 1 aromatic heterocycles. The minimum atomic E-state index is -0.0931. The van der Waals surface area contributed by atoms with Crippen molar-refractivity contribution in [1.29, 1.82) is 0 Å². The van der Waals surface area contributed by atoms with Crippen LogP contribution in [0.25, 0.3) is 5.69 Å². The molecule has 0 bridgehead atoms. The molecule has 0 unspecified atom stereocenters. The van der Waals surface area contributed by atoms with Gasteiger partial charge in [0.05, 0.1) is 31.3 Å². The summed E-state index contributed by atoms with van der Waals surface area (Å²) in [6.45, 7) is 5.54. The van der Waals surface area contributed by atoms with Gasteiger partial charge >= 0.3 is 5.69 Å². The SMILES string of the molecule is Cc1ccccc1-n1c(CSc2ccccc2)nn(CN2CCOCC2)c1=O. The highest BCUT2D eigenvalue weighted by Crippen LogP contribution is 2.23. The van der Waals surface area contributed by atoms with Gasteiger partial charge in [-0.2, -0.15) is 9.78 Å². The third kappa shape index (κ3) is 4.22. The van der Waals surface area contributed by atoms with Crippen molar-refractivity contribution in [3.8, 4) is 5.69 Å². The van der Waals surface area contributed by atoms with Crippen LogP contribution >= 0.6 is 11.8 Å². The minimum Gasteiger partial charge on any atom is -0.379 e. The Morgan fingerprint density at radius 2 is 1.75 bits per heavy atom.